The number of primary amides is 1. The van der Waals surface area contributed by atoms with Gasteiger partial charge in [0.25, 0.3) is 0 Å². The van der Waals surface area contributed by atoms with Gasteiger partial charge in [-0.25, -0.2) is 8.42 Å². The van der Waals surface area contributed by atoms with E-state index in [-0.39, 0.29) is 12.1 Å². The molecule has 1 saturated heterocycles. The summed E-state index contributed by atoms with van der Waals surface area (Å²) in [6, 6.07) is 4.64. The van der Waals surface area contributed by atoms with Crippen molar-refractivity contribution in [3.63, 3.8) is 0 Å². The summed E-state index contributed by atoms with van der Waals surface area (Å²) >= 11 is 0. The molecule has 10 nitrogen and oxygen atoms in total. The summed E-state index contributed by atoms with van der Waals surface area (Å²) in [5, 5.41) is 27.8. The fourth-order valence-corrected chi connectivity index (χ4v) is 8.17. The Balaban J connectivity index is 1.74. The first kappa shape index (κ1) is 28.1. The lowest BCUT2D eigenvalue weighted by atomic mass is 9.75. The van der Waals surface area contributed by atoms with Crippen molar-refractivity contribution in [1.29, 1.82) is 5.26 Å². The maximum atomic E-state index is 14.1. The van der Waals surface area contributed by atoms with Crippen molar-refractivity contribution < 1.29 is 46.1 Å². The van der Waals surface area contributed by atoms with Gasteiger partial charge in [0.15, 0.2) is 9.84 Å². The monoisotopic (exact) mass is 559 g/mol. The molecule has 14 heteroatoms. The number of anilines is 1. The maximum absolute atomic E-state index is 14.1. The van der Waals surface area contributed by atoms with Gasteiger partial charge < -0.3 is 25.6 Å². The van der Waals surface area contributed by atoms with E-state index in [9.17, 15) is 46.7 Å². The molecule has 1 heterocycles. The first-order chi connectivity index (χ1) is 17.6. The highest BCUT2D eigenvalue weighted by Gasteiger charge is 2.75. The molecule has 0 radical (unpaired) electrons. The summed E-state index contributed by atoms with van der Waals surface area (Å²) in [7, 11) is -3.60. The van der Waals surface area contributed by atoms with Gasteiger partial charge in [-0.2, -0.15) is 18.4 Å². The fourth-order valence-electron chi connectivity index (χ4n) is 6.15. The Bertz CT molecular complexity index is 1290. The molecular weight excluding hydrogens is 531 g/mol. The average Bonchev–Trinajstić information content (AvgIpc) is 3.48. The van der Waals surface area contributed by atoms with E-state index in [2.05, 4.69) is 0 Å². The van der Waals surface area contributed by atoms with E-state index in [1.165, 1.54) is 6.07 Å². The largest absolute Gasteiger partial charge is 0.481 e. The molecule has 5 atom stereocenters. The molecule has 2 saturated carbocycles. The number of benzene rings is 1. The predicted molar refractivity (Wildman–Crippen MR) is 125 cm³/mol. The first-order valence-corrected chi connectivity index (χ1v) is 13.5. The van der Waals surface area contributed by atoms with Crippen LogP contribution < -0.4 is 10.6 Å². The Morgan fingerprint density at radius 1 is 1.24 bits per heavy atom. The van der Waals surface area contributed by atoms with Crippen LogP contribution in [0.5, 0.6) is 0 Å². The number of carbonyl (C=O) groups is 2. The summed E-state index contributed by atoms with van der Waals surface area (Å²) in [5.41, 5.74) is 0.297. The number of hydrogen-bond donors (Lipinski definition) is 3. The van der Waals surface area contributed by atoms with Gasteiger partial charge in [0.05, 0.1) is 34.0 Å². The number of sulfone groups is 1. The van der Waals surface area contributed by atoms with Crippen LogP contribution >= 0.6 is 0 Å². The van der Waals surface area contributed by atoms with Gasteiger partial charge in [-0.05, 0) is 50.3 Å². The van der Waals surface area contributed by atoms with Crippen LogP contribution in [0.4, 0.5) is 18.9 Å². The number of amides is 1. The Kier molecular flexibility index (Phi) is 6.95. The second-order valence-corrected chi connectivity index (χ2v) is 12.5. The Morgan fingerprint density at radius 3 is 2.34 bits per heavy atom. The molecule has 0 spiro atoms. The van der Waals surface area contributed by atoms with Crippen molar-refractivity contribution in [3.8, 4) is 6.07 Å². The van der Waals surface area contributed by atoms with Crippen molar-refractivity contribution in [3.05, 3.63) is 23.8 Å². The lowest BCUT2D eigenvalue weighted by Crippen LogP contribution is -2.44. The van der Waals surface area contributed by atoms with Gasteiger partial charge in [0.2, 0.25) is 5.91 Å². The third kappa shape index (κ3) is 4.30. The summed E-state index contributed by atoms with van der Waals surface area (Å²) in [5.74, 6) is -3.71. The second kappa shape index (κ2) is 9.39. The molecule has 1 aromatic carbocycles. The SMILES string of the molecule is CO[C@H]1C[C@@H](S(=O)(=O)c2ccc(N3CCC(O)CC3)cc2C(F)(F)F)C[C@]1(C(=O)O)C1CC1(C#N)C(N)=O. The number of carboxylic acid groups (broad SMARTS) is 1. The molecule has 3 fully saturated rings. The molecule has 4 N–H and O–H groups in total. The molecule has 0 aromatic heterocycles. The van der Waals surface area contributed by atoms with E-state index in [1.54, 1.807) is 11.0 Å². The zero-order valence-electron chi connectivity index (χ0n) is 20.4. The minimum Gasteiger partial charge on any atom is -0.481 e. The molecule has 4 rings (SSSR count). The number of nitrogens with two attached hydrogens (primary N) is 1. The number of aliphatic carboxylic acids is 1. The van der Waals surface area contributed by atoms with Crippen LogP contribution in [0, 0.1) is 28.1 Å². The highest BCUT2D eigenvalue weighted by atomic mass is 32.2. The number of aliphatic hydroxyl groups is 1. The number of piperidine rings is 1. The molecule has 1 aromatic rings. The number of carbonyl (C=O) groups excluding carboxylic acids is 1. The van der Waals surface area contributed by atoms with Gasteiger partial charge >= 0.3 is 12.1 Å². The van der Waals surface area contributed by atoms with Crippen LogP contribution in [0.1, 0.15) is 37.7 Å². The highest BCUT2D eigenvalue weighted by Crippen LogP contribution is 2.66. The standard InChI is InChI=1S/C24H28F3N3O7S/c1-37-19-9-15(10-23(19,21(33)34)18-11-22(18,12-28)20(29)32)38(35,36)17-3-2-13(8-16(17)24(25,26)27)30-6-4-14(31)5-7-30/h2-3,8,14-15,18-19,31H,4-7,9-11H2,1H3,(H2,29,32)(H,33,34)/t15-,18?,19+,22?,23+/m1/s1. The molecule has 0 bridgehead atoms. The molecule has 2 unspecified atom stereocenters. The number of halogens is 3. The predicted octanol–water partition coefficient (Wildman–Crippen LogP) is 1.70. The average molecular weight is 560 g/mol. The molecular formula is C24H28F3N3O7S. The molecule has 38 heavy (non-hydrogen) atoms. The van der Waals surface area contributed by atoms with E-state index in [0.717, 1.165) is 19.2 Å². The van der Waals surface area contributed by atoms with Gasteiger partial charge in [0, 0.05) is 31.8 Å². The zero-order chi connectivity index (χ0) is 28.3. The number of rotatable bonds is 7. The quantitative estimate of drug-likeness (QED) is 0.450. The van der Waals surface area contributed by atoms with E-state index >= 15 is 0 Å². The van der Waals surface area contributed by atoms with Crippen molar-refractivity contribution in [2.75, 3.05) is 25.1 Å². The van der Waals surface area contributed by atoms with Crippen LogP contribution in [0.3, 0.4) is 0 Å². The number of alkyl halides is 3. The number of ether oxygens (including phenoxy) is 1. The molecule has 2 aliphatic carbocycles. The summed E-state index contributed by atoms with van der Waals surface area (Å²) in [6.07, 6.45) is -7.46. The lowest BCUT2D eigenvalue weighted by Gasteiger charge is -2.32. The van der Waals surface area contributed by atoms with Gasteiger partial charge in [-0.15, -0.1) is 0 Å². The topological polar surface area (TPSA) is 171 Å². The number of nitrogens with zero attached hydrogens (tertiary/aromatic N) is 2. The zero-order valence-corrected chi connectivity index (χ0v) is 21.3. The normalized spacial score (nSPS) is 32.1. The Labute approximate surface area is 217 Å². The van der Waals surface area contributed by atoms with Crippen molar-refractivity contribution in [2.24, 2.45) is 22.5 Å². The molecule has 3 aliphatic rings. The van der Waals surface area contributed by atoms with E-state index < -0.39 is 85.4 Å². The number of carboxylic acids is 1. The molecule has 1 aliphatic heterocycles. The molecule has 1 amide bonds. The van der Waals surface area contributed by atoms with E-state index in [0.29, 0.717) is 25.9 Å². The smallest absolute Gasteiger partial charge is 0.417 e. The number of aliphatic hydroxyl groups excluding tert-OH is 1. The maximum Gasteiger partial charge on any atom is 0.417 e. The molecule has 208 valence electrons. The van der Waals surface area contributed by atoms with Gasteiger partial charge in [0.1, 0.15) is 10.8 Å². The number of methoxy groups -OCH3 is 1. The van der Waals surface area contributed by atoms with Crippen molar-refractivity contribution in [2.45, 2.75) is 60.6 Å². The summed E-state index contributed by atoms with van der Waals surface area (Å²) in [4.78, 5) is 25.2. The fraction of sp³-hybridized carbons (Fsp3) is 0.625. The number of nitriles is 1. The Hall–Kier alpha value is -2.89. The highest BCUT2D eigenvalue weighted by molar-refractivity contribution is 7.92. The van der Waals surface area contributed by atoms with E-state index in [4.69, 9.17) is 10.5 Å². The number of hydrogen-bond acceptors (Lipinski definition) is 8. The van der Waals surface area contributed by atoms with Crippen LogP contribution in [0.25, 0.3) is 0 Å². The minimum absolute atomic E-state index is 0.155. The van der Waals surface area contributed by atoms with Crippen LogP contribution in [-0.2, 0) is 30.3 Å². The third-order valence-electron chi connectivity index (χ3n) is 8.37. The lowest BCUT2D eigenvalue weighted by molar-refractivity contribution is -0.159. The second-order valence-electron chi connectivity index (χ2n) is 10.3. The van der Waals surface area contributed by atoms with Crippen molar-refractivity contribution in [1.82, 2.24) is 0 Å². The summed E-state index contributed by atoms with van der Waals surface area (Å²) in [6.45, 7) is 0.595. The summed E-state index contributed by atoms with van der Waals surface area (Å²) < 4.78 is 75.1. The minimum atomic E-state index is -5.03. The van der Waals surface area contributed by atoms with Gasteiger partial charge in [-0.3, -0.25) is 9.59 Å². The van der Waals surface area contributed by atoms with Gasteiger partial charge in [-0.1, -0.05) is 0 Å². The van der Waals surface area contributed by atoms with Crippen LogP contribution in [0.15, 0.2) is 23.1 Å². The van der Waals surface area contributed by atoms with Crippen LogP contribution in [-0.4, -0.2) is 68.2 Å². The van der Waals surface area contributed by atoms with Crippen molar-refractivity contribution >= 4 is 27.4 Å². The third-order valence-corrected chi connectivity index (χ3v) is 10.6. The Morgan fingerprint density at radius 2 is 1.87 bits per heavy atom. The first-order valence-electron chi connectivity index (χ1n) is 12.0. The van der Waals surface area contributed by atoms with E-state index in [1.807, 2.05) is 0 Å². The van der Waals surface area contributed by atoms with Crippen LogP contribution in [0.2, 0.25) is 0 Å².